The van der Waals surface area contributed by atoms with E-state index in [2.05, 4.69) is 4.74 Å². The summed E-state index contributed by atoms with van der Waals surface area (Å²) in [5.41, 5.74) is 0. The first-order chi connectivity index (χ1) is 9.11. The van der Waals surface area contributed by atoms with E-state index in [4.69, 9.17) is 14.9 Å². The van der Waals surface area contributed by atoms with Gasteiger partial charge in [-0.25, -0.2) is 0 Å². The van der Waals surface area contributed by atoms with Gasteiger partial charge >= 0.3 is 11.9 Å². The average molecular weight is 268 g/mol. The molecule has 104 valence electrons. The highest BCUT2D eigenvalue weighted by Crippen LogP contribution is 2.09. The molecule has 0 saturated carbocycles. The Morgan fingerprint density at radius 1 is 1.11 bits per heavy atom. The van der Waals surface area contributed by atoms with Crippen molar-refractivity contribution in [1.29, 1.82) is 0 Å². The molecular formula is C13H16O6. The first-order valence-electron chi connectivity index (χ1n) is 5.82. The quantitative estimate of drug-likeness (QED) is 0.544. The van der Waals surface area contributed by atoms with Gasteiger partial charge in [0.05, 0.1) is 19.4 Å². The lowest BCUT2D eigenvalue weighted by Crippen LogP contribution is -2.22. The molecule has 1 atom stereocenters. The van der Waals surface area contributed by atoms with E-state index in [0.717, 1.165) is 0 Å². The van der Waals surface area contributed by atoms with E-state index >= 15 is 0 Å². The number of aliphatic hydroxyl groups is 2. The zero-order valence-electron chi connectivity index (χ0n) is 10.3. The molecule has 1 rings (SSSR count). The molecule has 0 aliphatic carbocycles. The Bertz CT molecular complexity index is 403. The van der Waals surface area contributed by atoms with Crippen molar-refractivity contribution in [2.45, 2.75) is 18.9 Å². The molecule has 0 radical (unpaired) electrons. The number of carbonyl (C=O) groups excluding carboxylic acids is 2. The van der Waals surface area contributed by atoms with Gasteiger partial charge in [0.1, 0.15) is 18.5 Å². The van der Waals surface area contributed by atoms with Gasteiger partial charge in [-0.3, -0.25) is 9.59 Å². The van der Waals surface area contributed by atoms with Crippen LogP contribution >= 0.6 is 0 Å². The van der Waals surface area contributed by atoms with Crippen molar-refractivity contribution in [1.82, 2.24) is 0 Å². The van der Waals surface area contributed by atoms with E-state index < -0.39 is 24.6 Å². The van der Waals surface area contributed by atoms with Gasteiger partial charge < -0.3 is 19.7 Å². The van der Waals surface area contributed by atoms with E-state index in [1.165, 1.54) is 0 Å². The Kier molecular flexibility index (Phi) is 6.56. The number of aliphatic hydroxyl groups excluding tert-OH is 2. The summed E-state index contributed by atoms with van der Waals surface area (Å²) in [6.45, 7) is -0.771. The van der Waals surface area contributed by atoms with Crippen LogP contribution in [-0.2, 0) is 14.3 Å². The molecule has 0 bridgehead atoms. The van der Waals surface area contributed by atoms with Gasteiger partial charge in [-0.15, -0.1) is 0 Å². The van der Waals surface area contributed by atoms with E-state index in [0.29, 0.717) is 5.75 Å². The molecule has 1 aromatic carbocycles. The maximum Gasteiger partial charge on any atom is 0.311 e. The van der Waals surface area contributed by atoms with Crippen LogP contribution in [-0.4, -0.2) is 41.5 Å². The summed E-state index contributed by atoms with van der Waals surface area (Å²) in [5.74, 6) is -0.750. The zero-order valence-corrected chi connectivity index (χ0v) is 10.3. The number of ether oxygens (including phenoxy) is 2. The summed E-state index contributed by atoms with van der Waals surface area (Å²) >= 11 is 0. The molecule has 0 saturated heterocycles. The molecule has 0 heterocycles. The lowest BCUT2D eigenvalue weighted by molar-refractivity contribution is -0.149. The van der Waals surface area contributed by atoms with Gasteiger partial charge in [-0.1, -0.05) is 18.2 Å². The molecule has 0 aromatic heterocycles. The minimum absolute atomic E-state index is 0.108. The highest BCUT2D eigenvalue weighted by atomic mass is 16.5. The van der Waals surface area contributed by atoms with Crippen LogP contribution in [0.15, 0.2) is 30.3 Å². The Labute approximate surface area is 110 Å². The third kappa shape index (κ3) is 6.54. The molecular weight excluding hydrogens is 252 g/mol. The molecule has 0 aliphatic heterocycles. The molecule has 6 nitrogen and oxygen atoms in total. The minimum Gasteiger partial charge on any atom is -0.463 e. The Morgan fingerprint density at radius 3 is 2.37 bits per heavy atom. The second-order valence-electron chi connectivity index (χ2n) is 3.81. The SMILES string of the molecule is O=C(CCC(=O)Oc1ccccc1)OCC(O)CO. The van der Waals surface area contributed by atoms with E-state index in [1.807, 2.05) is 0 Å². The number of esters is 2. The van der Waals surface area contributed by atoms with E-state index in [-0.39, 0.29) is 19.4 Å². The average Bonchev–Trinajstić information content (AvgIpc) is 2.43. The smallest absolute Gasteiger partial charge is 0.311 e. The summed E-state index contributed by atoms with van der Waals surface area (Å²) < 4.78 is 9.61. The standard InChI is InChI=1S/C13H16O6/c14-8-10(15)9-18-12(16)6-7-13(17)19-11-4-2-1-3-5-11/h1-5,10,14-15H,6-9H2. The van der Waals surface area contributed by atoms with Crippen LogP contribution in [0.3, 0.4) is 0 Å². The number of carbonyl (C=O) groups is 2. The lowest BCUT2D eigenvalue weighted by Gasteiger charge is -2.08. The van der Waals surface area contributed by atoms with Crippen molar-refractivity contribution in [3.8, 4) is 5.75 Å². The number of rotatable bonds is 7. The molecule has 1 unspecified atom stereocenters. The van der Waals surface area contributed by atoms with Crippen molar-refractivity contribution < 1.29 is 29.3 Å². The highest BCUT2D eigenvalue weighted by molar-refractivity contribution is 5.78. The maximum absolute atomic E-state index is 11.4. The zero-order chi connectivity index (χ0) is 14.1. The van der Waals surface area contributed by atoms with Crippen LogP contribution in [0.2, 0.25) is 0 Å². The first-order valence-corrected chi connectivity index (χ1v) is 5.82. The number of hydrogen-bond donors (Lipinski definition) is 2. The number of benzene rings is 1. The Morgan fingerprint density at radius 2 is 1.74 bits per heavy atom. The molecule has 6 heteroatoms. The Balaban J connectivity index is 2.21. The van der Waals surface area contributed by atoms with E-state index in [9.17, 15) is 9.59 Å². The van der Waals surface area contributed by atoms with Crippen LogP contribution < -0.4 is 4.74 Å². The highest BCUT2D eigenvalue weighted by Gasteiger charge is 2.11. The Hall–Kier alpha value is -1.92. The first kappa shape index (κ1) is 15.1. The molecule has 0 aliphatic rings. The van der Waals surface area contributed by atoms with Crippen LogP contribution in [0.5, 0.6) is 5.75 Å². The number of hydrogen-bond acceptors (Lipinski definition) is 6. The van der Waals surface area contributed by atoms with Crippen molar-refractivity contribution in [3.63, 3.8) is 0 Å². The minimum atomic E-state index is -1.10. The molecule has 19 heavy (non-hydrogen) atoms. The fourth-order valence-electron chi connectivity index (χ4n) is 1.19. The molecule has 2 N–H and O–H groups in total. The number of para-hydroxylation sites is 1. The normalized spacial score (nSPS) is 11.7. The van der Waals surface area contributed by atoms with Crippen LogP contribution in [0.1, 0.15) is 12.8 Å². The van der Waals surface area contributed by atoms with Crippen molar-refractivity contribution in [3.05, 3.63) is 30.3 Å². The molecule has 0 spiro atoms. The summed E-state index contributed by atoms with van der Waals surface area (Å²) in [5, 5.41) is 17.5. The van der Waals surface area contributed by atoms with Crippen LogP contribution in [0.25, 0.3) is 0 Å². The van der Waals surface area contributed by atoms with Crippen molar-refractivity contribution in [2.24, 2.45) is 0 Å². The lowest BCUT2D eigenvalue weighted by atomic mass is 10.3. The van der Waals surface area contributed by atoms with Gasteiger partial charge in [-0.2, -0.15) is 0 Å². The van der Waals surface area contributed by atoms with Crippen molar-refractivity contribution >= 4 is 11.9 Å². The third-order valence-corrected chi connectivity index (χ3v) is 2.16. The fourth-order valence-corrected chi connectivity index (χ4v) is 1.19. The van der Waals surface area contributed by atoms with Gasteiger partial charge in [0.15, 0.2) is 0 Å². The van der Waals surface area contributed by atoms with Gasteiger partial charge in [0, 0.05) is 0 Å². The predicted octanol–water partition coefficient (Wildman–Crippen LogP) is 0.269. The van der Waals surface area contributed by atoms with Crippen LogP contribution in [0, 0.1) is 0 Å². The van der Waals surface area contributed by atoms with E-state index in [1.54, 1.807) is 30.3 Å². The van der Waals surface area contributed by atoms with Gasteiger partial charge in [-0.05, 0) is 12.1 Å². The molecule has 1 aromatic rings. The predicted molar refractivity (Wildman–Crippen MR) is 65.4 cm³/mol. The molecule has 0 fully saturated rings. The maximum atomic E-state index is 11.4. The summed E-state index contributed by atoms with van der Waals surface area (Å²) in [6, 6.07) is 8.52. The van der Waals surface area contributed by atoms with Gasteiger partial charge in [0.25, 0.3) is 0 Å². The molecule has 0 amide bonds. The van der Waals surface area contributed by atoms with Crippen LogP contribution in [0.4, 0.5) is 0 Å². The second kappa shape index (κ2) is 8.23. The summed E-state index contributed by atoms with van der Waals surface area (Å²) in [4.78, 5) is 22.6. The largest absolute Gasteiger partial charge is 0.463 e. The fraction of sp³-hybridized carbons (Fsp3) is 0.385. The topological polar surface area (TPSA) is 93.1 Å². The summed E-state index contributed by atoms with van der Waals surface area (Å²) in [6.07, 6.45) is -1.34. The second-order valence-corrected chi connectivity index (χ2v) is 3.81. The third-order valence-electron chi connectivity index (χ3n) is 2.16. The summed E-state index contributed by atoms with van der Waals surface area (Å²) in [7, 11) is 0. The van der Waals surface area contributed by atoms with Gasteiger partial charge in [0.2, 0.25) is 0 Å². The van der Waals surface area contributed by atoms with Crippen molar-refractivity contribution in [2.75, 3.05) is 13.2 Å². The monoisotopic (exact) mass is 268 g/mol.